The lowest BCUT2D eigenvalue weighted by Crippen LogP contribution is -2.22. The molecule has 0 aromatic heterocycles. The lowest BCUT2D eigenvalue weighted by molar-refractivity contribution is -0.0505. The van der Waals surface area contributed by atoms with Crippen LogP contribution in [0, 0.1) is 6.42 Å². The molecule has 2 unspecified atom stereocenters. The second-order valence-electron chi connectivity index (χ2n) is 2.86. The Kier molecular flexibility index (Phi) is 7.45. The van der Waals surface area contributed by atoms with E-state index in [-0.39, 0.29) is 18.8 Å². The van der Waals surface area contributed by atoms with E-state index in [0.717, 1.165) is 0 Å². The Morgan fingerprint density at radius 1 is 1.25 bits per heavy atom. The van der Waals surface area contributed by atoms with Crippen molar-refractivity contribution in [3.05, 3.63) is 6.42 Å². The predicted octanol–water partition coefficient (Wildman–Crippen LogP) is 1.45. The molecule has 0 heterocycles. The highest BCUT2D eigenvalue weighted by molar-refractivity contribution is 4.56. The lowest BCUT2D eigenvalue weighted by Gasteiger charge is -2.15. The van der Waals surface area contributed by atoms with Gasteiger partial charge < -0.3 is 9.47 Å². The Morgan fingerprint density at radius 3 is 2.42 bits per heavy atom. The molecule has 3 nitrogen and oxygen atoms in total. The average molecular weight is 174 g/mol. The molecule has 2 radical (unpaired) electrons. The molecule has 72 valence electrons. The summed E-state index contributed by atoms with van der Waals surface area (Å²) in [6.07, 6.45) is 1.80. The first-order chi connectivity index (χ1) is 5.70. The van der Waals surface area contributed by atoms with E-state index >= 15 is 0 Å². The Labute approximate surface area is 74.7 Å². The molecule has 0 spiro atoms. The minimum Gasteiger partial charge on any atom is -0.376 e. The van der Waals surface area contributed by atoms with Crippen molar-refractivity contribution in [2.45, 2.75) is 33.0 Å². The van der Waals surface area contributed by atoms with Crippen molar-refractivity contribution in [2.24, 2.45) is 0 Å². The first-order valence-corrected chi connectivity index (χ1v) is 4.29. The van der Waals surface area contributed by atoms with Crippen LogP contribution in [0.1, 0.15) is 20.8 Å². The molecule has 0 saturated carbocycles. The van der Waals surface area contributed by atoms with Crippen LogP contribution >= 0.6 is 0 Å². The van der Waals surface area contributed by atoms with Crippen LogP contribution in [0.4, 0.5) is 0 Å². The molecule has 0 aliphatic rings. The van der Waals surface area contributed by atoms with Crippen molar-refractivity contribution in [2.75, 3.05) is 19.8 Å². The second-order valence-corrected chi connectivity index (χ2v) is 2.86. The van der Waals surface area contributed by atoms with Crippen LogP contribution in [0.15, 0.2) is 0 Å². The zero-order chi connectivity index (χ0) is 9.40. The van der Waals surface area contributed by atoms with Gasteiger partial charge in [-0.2, -0.15) is 0 Å². The summed E-state index contributed by atoms with van der Waals surface area (Å²) in [4.78, 5) is 0. The summed E-state index contributed by atoms with van der Waals surface area (Å²) >= 11 is 0. The maximum Gasteiger partial charge on any atom is 0.108 e. The second kappa shape index (κ2) is 7.53. The van der Waals surface area contributed by atoms with E-state index in [9.17, 15) is 5.11 Å². The van der Waals surface area contributed by atoms with Crippen molar-refractivity contribution in [3.8, 4) is 0 Å². The quantitative estimate of drug-likeness (QED) is 0.586. The molecule has 0 aromatic carbocycles. The highest BCUT2D eigenvalue weighted by Gasteiger charge is 2.05. The smallest absolute Gasteiger partial charge is 0.108 e. The fourth-order valence-electron chi connectivity index (χ4n) is 0.656. The van der Waals surface area contributed by atoms with Gasteiger partial charge in [0, 0.05) is 6.61 Å². The summed E-state index contributed by atoms with van der Waals surface area (Å²) in [7, 11) is 0. The molecule has 0 amide bonds. The standard InChI is InChI=1S/C9H18O3/c1-4-5-11-9(3)7-12-8(2)6-10/h4,8-9H,5-7H2,1-3H3. The predicted molar refractivity (Wildman–Crippen MR) is 46.4 cm³/mol. The van der Waals surface area contributed by atoms with Gasteiger partial charge in [-0.3, -0.25) is 0 Å². The summed E-state index contributed by atoms with van der Waals surface area (Å²) in [5.41, 5.74) is 0. The van der Waals surface area contributed by atoms with Gasteiger partial charge in [-0.25, -0.2) is 5.11 Å². The van der Waals surface area contributed by atoms with E-state index in [1.165, 1.54) is 0 Å². The third kappa shape index (κ3) is 6.58. The number of rotatable bonds is 7. The summed E-state index contributed by atoms with van der Waals surface area (Å²) < 4.78 is 10.5. The fraction of sp³-hybridized carbons (Fsp3) is 0.889. The molecule has 0 bridgehead atoms. The van der Waals surface area contributed by atoms with Crippen molar-refractivity contribution in [1.82, 2.24) is 0 Å². The van der Waals surface area contributed by atoms with Crippen molar-refractivity contribution in [1.29, 1.82) is 0 Å². The molecule has 0 saturated heterocycles. The van der Waals surface area contributed by atoms with E-state index in [1.54, 1.807) is 6.92 Å². The summed E-state index contributed by atoms with van der Waals surface area (Å²) in [6.45, 7) is 6.58. The fourth-order valence-corrected chi connectivity index (χ4v) is 0.656. The van der Waals surface area contributed by atoms with Gasteiger partial charge in [-0.15, -0.1) is 0 Å². The molecular formula is C9H18O3. The normalized spacial score (nSPS) is 16.0. The van der Waals surface area contributed by atoms with E-state index in [4.69, 9.17) is 9.47 Å². The number of hydrogen-bond acceptors (Lipinski definition) is 2. The SMILES string of the molecule is C[CH]COC(C)COC(C)C[O]. The highest BCUT2D eigenvalue weighted by Crippen LogP contribution is 1.96. The summed E-state index contributed by atoms with van der Waals surface area (Å²) in [5.74, 6) is 0. The molecule has 2 atom stereocenters. The Hall–Kier alpha value is -0.120. The van der Waals surface area contributed by atoms with E-state index in [1.807, 2.05) is 20.3 Å². The monoisotopic (exact) mass is 174 g/mol. The Balaban J connectivity index is 3.24. The maximum absolute atomic E-state index is 10.3. The van der Waals surface area contributed by atoms with Crippen LogP contribution in [-0.4, -0.2) is 32.0 Å². The van der Waals surface area contributed by atoms with Crippen LogP contribution in [0.2, 0.25) is 0 Å². The van der Waals surface area contributed by atoms with E-state index < -0.39 is 0 Å². The van der Waals surface area contributed by atoms with Crippen molar-refractivity contribution >= 4 is 0 Å². The van der Waals surface area contributed by atoms with Crippen LogP contribution in [0.5, 0.6) is 0 Å². The Morgan fingerprint density at radius 2 is 1.92 bits per heavy atom. The third-order valence-electron chi connectivity index (χ3n) is 1.40. The molecule has 0 aliphatic heterocycles. The zero-order valence-electron chi connectivity index (χ0n) is 8.08. The van der Waals surface area contributed by atoms with Gasteiger partial charge in [0.1, 0.15) is 6.61 Å². The van der Waals surface area contributed by atoms with Crippen LogP contribution < -0.4 is 0 Å². The topological polar surface area (TPSA) is 38.4 Å². The van der Waals surface area contributed by atoms with Gasteiger partial charge in [0.25, 0.3) is 0 Å². The van der Waals surface area contributed by atoms with Gasteiger partial charge in [-0.1, -0.05) is 6.92 Å². The molecule has 3 heteroatoms. The van der Waals surface area contributed by atoms with Crippen molar-refractivity contribution in [3.63, 3.8) is 0 Å². The van der Waals surface area contributed by atoms with Crippen LogP contribution in [0.3, 0.4) is 0 Å². The van der Waals surface area contributed by atoms with Crippen molar-refractivity contribution < 1.29 is 14.6 Å². The third-order valence-corrected chi connectivity index (χ3v) is 1.40. The molecule has 0 fully saturated rings. The summed E-state index contributed by atoms with van der Waals surface area (Å²) in [6, 6.07) is 0. The molecule has 12 heavy (non-hydrogen) atoms. The number of ether oxygens (including phenoxy) is 2. The van der Waals surface area contributed by atoms with Gasteiger partial charge in [-0.05, 0) is 20.3 Å². The van der Waals surface area contributed by atoms with Gasteiger partial charge >= 0.3 is 0 Å². The minimum atomic E-state index is -0.207. The van der Waals surface area contributed by atoms with Gasteiger partial charge in [0.05, 0.1) is 18.8 Å². The van der Waals surface area contributed by atoms with Gasteiger partial charge in [0.15, 0.2) is 0 Å². The van der Waals surface area contributed by atoms with Gasteiger partial charge in [0.2, 0.25) is 0 Å². The first-order valence-electron chi connectivity index (χ1n) is 4.29. The van der Waals surface area contributed by atoms with Crippen LogP contribution in [0.25, 0.3) is 0 Å². The molecule has 0 aliphatic carbocycles. The molecule has 0 N–H and O–H groups in total. The highest BCUT2D eigenvalue weighted by atomic mass is 16.5. The minimum absolute atomic E-state index is 0.0650. The largest absolute Gasteiger partial charge is 0.376 e. The summed E-state index contributed by atoms with van der Waals surface area (Å²) in [5, 5.41) is 10.3. The lowest BCUT2D eigenvalue weighted by atomic mass is 10.4. The Bertz CT molecular complexity index is 95.8. The van der Waals surface area contributed by atoms with E-state index in [2.05, 4.69) is 0 Å². The molecule has 0 aromatic rings. The van der Waals surface area contributed by atoms with Crippen LogP contribution in [-0.2, 0) is 14.6 Å². The number of hydrogen-bond donors (Lipinski definition) is 0. The maximum atomic E-state index is 10.3. The molecule has 0 rings (SSSR count). The van der Waals surface area contributed by atoms with E-state index in [0.29, 0.717) is 13.2 Å². The molecular weight excluding hydrogens is 156 g/mol. The average Bonchev–Trinajstić information content (AvgIpc) is 2.10. The zero-order valence-corrected chi connectivity index (χ0v) is 8.08. The first kappa shape index (κ1) is 11.9.